The van der Waals surface area contributed by atoms with Gasteiger partial charge >= 0.3 is 0 Å². The number of rotatable bonds is 0. The van der Waals surface area contributed by atoms with Crippen molar-refractivity contribution in [2.75, 3.05) is 0 Å². The fourth-order valence-electron chi connectivity index (χ4n) is 6.80. The molecule has 5 atom stereocenters. The Bertz CT molecular complexity index is 429. The Morgan fingerprint density at radius 2 is 1.80 bits per heavy atom. The normalized spacial score (nSPS) is 49.9. The Balaban J connectivity index is 1.65. The number of fused-ring (bicyclic) bond motifs is 5. The summed E-state index contributed by atoms with van der Waals surface area (Å²) in [5.74, 6) is 4.16. The van der Waals surface area contributed by atoms with Crippen molar-refractivity contribution >= 4 is 0 Å². The van der Waals surface area contributed by atoms with Gasteiger partial charge in [-0.05, 0) is 92.3 Å². The van der Waals surface area contributed by atoms with E-state index in [1.54, 1.807) is 0 Å². The van der Waals surface area contributed by atoms with Crippen LogP contribution >= 0.6 is 0 Å². The van der Waals surface area contributed by atoms with Gasteiger partial charge < -0.3 is 0 Å². The molecule has 0 nitrogen and oxygen atoms in total. The highest BCUT2D eigenvalue weighted by Gasteiger charge is 2.58. The lowest BCUT2D eigenvalue weighted by Gasteiger charge is -2.56. The van der Waals surface area contributed by atoms with Crippen molar-refractivity contribution in [2.45, 2.75) is 78.6 Å². The second-order valence-corrected chi connectivity index (χ2v) is 9.17. The number of allylic oxidation sites excluding steroid dienone is 2. The van der Waals surface area contributed by atoms with Crippen molar-refractivity contribution in [3.05, 3.63) is 11.6 Å². The molecule has 0 radical (unpaired) electrons. The van der Waals surface area contributed by atoms with Crippen molar-refractivity contribution in [3.63, 3.8) is 0 Å². The maximum Gasteiger partial charge on any atom is -0.0172 e. The molecule has 0 aromatic rings. The summed E-state index contributed by atoms with van der Waals surface area (Å²) in [5.41, 5.74) is 3.10. The van der Waals surface area contributed by atoms with E-state index in [2.05, 4.69) is 26.8 Å². The molecule has 0 amide bonds. The van der Waals surface area contributed by atoms with Crippen LogP contribution in [0.5, 0.6) is 0 Å². The van der Waals surface area contributed by atoms with Crippen LogP contribution in [0.3, 0.4) is 0 Å². The van der Waals surface area contributed by atoms with Crippen LogP contribution in [0.2, 0.25) is 0 Å². The molecule has 0 aromatic carbocycles. The molecule has 4 rings (SSSR count). The van der Waals surface area contributed by atoms with E-state index in [0.29, 0.717) is 10.8 Å². The van der Waals surface area contributed by atoms with E-state index in [1.807, 2.05) is 5.57 Å². The van der Waals surface area contributed by atoms with E-state index in [0.717, 1.165) is 23.7 Å². The maximum atomic E-state index is 2.65. The lowest BCUT2D eigenvalue weighted by atomic mass is 9.49. The summed E-state index contributed by atoms with van der Waals surface area (Å²) >= 11 is 0. The summed E-state index contributed by atoms with van der Waals surface area (Å²) in [6.45, 7) is 7.76. The largest absolute Gasteiger partial charge is 0.0850 e. The second kappa shape index (κ2) is 4.37. The maximum absolute atomic E-state index is 2.65. The second-order valence-electron chi connectivity index (χ2n) is 9.17. The third-order valence-electron chi connectivity index (χ3n) is 8.39. The molecule has 0 spiro atoms. The van der Waals surface area contributed by atoms with Crippen LogP contribution in [0.15, 0.2) is 11.6 Å². The molecule has 3 saturated carbocycles. The van der Waals surface area contributed by atoms with E-state index >= 15 is 0 Å². The van der Waals surface area contributed by atoms with Crippen molar-refractivity contribution in [1.29, 1.82) is 0 Å². The van der Waals surface area contributed by atoms with Crippen LogP contribution in [0.4, 0.5) is 0 Å². The number of hydrogen-bond donors (Lipinski definition) is 0. The summed E-state index contributed by atoms with van der Waals surface area (Å²) in [6, 6.07) is 0. The molecular weight excluding hydrogens is 240 g/mol. The van der Waals surface area contributed by atoms with Gasteiger partial charge in [-0.15, -0.1) is 0 Å². The van der Waals surface area contributed by atoms with Gasteiger partial charge in [-0.1, -0.05) is 32.4 Å². The van der Waals surface area contributed by atoms with Crippen LogP contribution < -0.4 is 0 Å². The lowest BCUT2D eigenvalue weighted by Crippen LogP contribution is -2.48. The Labute approximate surface area is 125 Å². The minimum absolute atomic E-state index is 0.589. The Hall–Kier alpha value is -0.260. The standard InChI is InChI=1S/C20H32/c1-19(2)12-11-18-17-9-8-14-6-4-5-7-15(14)16(17)10-13-20(18,19)3/h6,15-18H,4-5,7-13H2,1-3H3. The summed E-state index contributed by atoms with van der Waals surface area (Å²) in [7, 11) is 0. The minimum atomic E-state index is 0.589. The first-order valence-electron chi connectivity index (χ1n) is 9.22. The van der Waals surface area contributed by atoms with Crippen LogP contribution in [-0.2, 0) is 0 Å². The third-order valence-corrected chi connectivity index (χ3v) is 8.39. The third kappa shape index (κ3) is 1.66. The summed E-state index contributed by atoms with van der Waals surface area (Å²) in [6.07, 6.45) is 16.0. The zero-order valence-corrected chi connectivity index (χ0v) is 13.8. The monoisotopic (exact) mass is 272 g/mol. The van der Waals surface area contributed by atoms with E-state index in [4.69, 9.17) is 0 Å². The predicted octanol–water partition coefficient (Wildman–Crippen LogP) is 5.98. The molecule has 0 bridgehead atoms. The highest BCUT2D eigenvalue weighted by Crippen LogP contribution is 2.67. The molecule has 0 heteroatoms. The SMILES string of the molecule is CC1(C)CCC2C3CCC4=CCCCC4C3CCC21C. The van der Waals surface area contributed by atoms with Crippen molar-refractivity contribution in [1.82, 2.24) is 0 Å². The molecule has 3 fully saturated rings. The predicted molar refractivity (Wildman–Crippen MR) is 85.5 cm³/mol. The molecule has 112 valence electrons. The first-order valence-corrected chi connectivity index (χ1v) is 9.22. The summed E-state index contributed by atoms with van der Waals surface area (Å²) in [4.78, 5) is 0. The fraction of sp³-hybridized carbons (Fsp3) is 0.900. The lowest BCUT2D eigenvalue weighted by molar-refractivity contribution is -0.0469. The van der Waals surface area contributed by atoms with E-state index in [9.17, 15) is 0 Å². The quantitative estimate of drug-likeness (QED) is 0.476. The van der Waals surface area contributed by atoms with Gasteiger partial charge in [0.1, 0.15) is 0 Å². The molecule has 20 heavy (non-hydrogen) atoms. The first-order chi connectivity index (χ1) is 9.53. The Morgan fingerprint density at radius 1 is 0.950 bits per heavy atom. The highest BCUT2D eigenvalue weighted by molar-refractivity contribution is 5.18. The Kier molecular flexibility index (Phi) is 2.93. The van der Waals surface area contributed by atoms with Gasteiger partial charge in [-0.3, -0.25) is 0 Å². The van der Waals surface area contributed by atoms with Crippen LogP contribution in [0.25, 0.3) is 0 Å². The summed E-state index contributed by atoms with van der Waals surface area (Å²) in [5, 5.41) is 0. The molecule has 0 heterocycles. The average Bonchev–Trinajstić information content (AvgIpc) is 2.69. The molecule has 0 saturated heterocycles. The van der Waals surface area contributed by atoms with Gasteiger partial charge in [0.15, 0.2) is 0 Å². The van der Waals surface area contributed by atoms with E-state index in [1.165, 1.54) is 57.8 Å². The molecule has 5 unspecified atom stereocenters. The fourth-order valence-corrected chi connectivity index (χ4v) is 6.80. The van der Waals surface area contributed by atoms with Gasteiger partial charge in [-0.2, -0.15) is 0 Å². The highest BCUT2D eigenvalue weighted by atomic mass is 14.6. The van der Waals surface area contributed by atoms with Crippen molar-refractivity contribution in [2.24, 2.45) is 34.5 Å². The van der Waals surface area contributed by atoms with Gasteiger partial charge in [-0.25, -0.2) is 0 Å². The van der Waals surface area contributed by atoms with Crippen LogP contribution in [0.1, 0.15) is 78.6 Å². The van der Waals surface area contributed by atoms with Gasteiger partial charge in [0.25, 0.3) is 0 Å². The molecule has 4 aliphatic rings. The first kappa shape index (κ1) is 13.4. The average molecular weight is 272 g/mol. The zero-order valence-electron chi connectivity index (χ0n) is 13.8. The van der Waals surface area contributed by atoms with Gasteiger partial charge in [0.05, 0.1) is 0 Å². The van der Waals surface area contributed by atoms with Crippen molar-refractivity contribution < 1.29 is 0 Å². The molecule has 0 N–H and O–H groups in total. The summed E-state index contributed by atoms with van der Waals surface area (Å²) < 4.78 is 0. The van der Waals surface area contributed by atoms with Crippen LogP contribution in [-0.4, -0.2) is 0 Å². The zero-order chi connectivity index (χ0) is 14.0. The topological polar surface area (TPSA) is 0 Å². The molecule has 0 aliphatic heterocycles. The van der Waals surface area contributed by atoms with Gasteiger partial charge in [0, 0.05) is 0 Å². The number of hydrogen-bond acceptors (Lipinski definition) is 0. The van der Waals surface area contributed by atoms with E-state index < -0.39 is 0 Å². The van der Waals surface area contributed by atoms with E-state index in [-0.39, 0.29) is 0 Å². The van der Waals surface area contributed by atoms with Crippen LogP contribution in [0, 0.1) is 34.5 Å². The minimum Gasteiger partial charge on any atom is -0.0850 e. The smallest absolute Gasteiger partial charge is 0.0172 e. The Morgan fingerprint density at radius 3 is 2.65 bits per heavy atom. The molecule has 0 aromatic heterocycles. The van der Waals surface area contributed by atoms with Crippen molar-refractivity contribution in [3.8, 4) is 0 Å². The molecular formula is C20H32. The van der Waals surface area contributed by atoms with Gasteiger partial charge in [0.2, 0.25) is 0 Å². The molecule has 4 aliphatic carbocycles.